The molecule has 0 saturated heterocycles. The molecule has 0 aromatic carbocycles. The molecule has 2 rings (SSSR count). The Morgan fingerprint density at radius 1 is 1.50 bits per heavy atom. The molecule has 0 aliphatic heterocycles. The summed E-state index contributed by atoms with van der Waals surface area (Å²) < 4.78 is 0. The summed E-state index contributed by atoms with van der Waals surface area (Å²) in [6.45, 7) is 5.07. The maximum Gasteiger partial charge on any atom is 0.269 e. The lowest BCUT2D eigenvalue weighted by molar-refractivity contribution is 0.0944. The van der Waals surface area contributed by atoms with Crippen molar-refractivity contribution in [3.63, 3.8) is 0 Å². The van der Waals surface area contributed by atoms with E-state index in [2.05, 4.69) is 29.1 Å². The number of amides is 1. The average molecular weight is 249 g/mol. The molecular formula is C13H19N3O2. The van der Waals surface area contributed by atoms with Crippen molar-refractivity contribution in [3.8, 4) is 0 Å². The van der Waals surface area contributed by atoms with Gasteiger partial charge in [0.15, 0.2) is 0 Å². The number of aromatic amines is 1. The van der Waals surface area contributed by atoms with Gasteiger partial charge in [-0.05, 0) is 17.8 Å². The van der Waals surface area contributed by atoms with Crippen LogP contribution in [0.2, 0.25) is 0 Å². The lowest BCUT2D eigenvalue weighted by Gasteiger charge is -2.12. The van der Waals surface area contributed by atoms with Crippen LogP contribution in [-0.2, 0) is 0 Å². The molecule has 1 amide bonds. The third kappa shape index (κ3) is 2.44. The van der Waals surface area contributed by atoms with Crippen LogP contribution >= 0.6 is 0 Å². The molecule has 1 atom stereocenters. The van der Waals surface area contributed by atoms with Crippen molar-refractivity contribution < 1.29 is 4.79 Å². The summed E-state index contributed by atoms with van der Waals surface area (Å²) in [4.78, 5) is 29.0. The van der Waals surface area contributed by atoms with E-state index in [1.807, 2.05) is 0 Å². The van der Waals surface area contributed by atoms with Gasteiger partial charge in [-0.1, -0.05) is 26.7 Å². The van der Waals surface area contributed by atoms with Gasteiger partial charge in [0.05, 0.1) is 12.4 Å². The van der Waals surface area contributed by atoms with Crippen LogP contribution in [0.15, 0.2) is 17.2 Å². The van der Waals surface area contributed by atoms with Gasteiger partial charge in [-0.25, -0.2) is 0 Å². The molecule has 18 heavy (non-hydrogen) atoms. The van der Waals surface area contributed by atoms with E-state index in [1.54, 1.807) is 0 Å². The summed E-state index contributed by atoms with van der Waals surface area (Å²) in [6.07, 6.45) is 6.03. The van der Waals surface area contributed by atoms with E-state index in [0.29, 0.717) is 17.9 Å². The first-order valence-corrected chi connectivity index (χ1v) is 6.44. The summed E-state index contributed by atoms with van der Waals surface area (Å²) in [6, 6.07) is 0. The summed E-state index contributed by atoms with van der Waals surface area (Å²) in [5.74, 6) is 0.313. The van der Waals surface area contributed by atoms with Crippen LogP contribution in [0.3, 0.4) is 0 Å². The van der Waals surface area contributed by atoms with Crippen LogP contribution in [0.25, 0.3) is 0 Å². The highest BCUT2D eigenvalue weighted by atomic mass is 16.2. The van der Waals surface area contributed by atoms with E-state index in [-0.39, 0.29) is 17.2 Å². The van der Waals surface area contributed by atoms with Gasteiger partial charge in [0.1, 0.15) is 5.69 Å². The maximum absolute atomic E-state index is 11.8. The highest BCUT2D eigenvalue weighted by Gasteiger charge is 2.50. The van der Waals surface area contributed by atoms with Crippen LogP contribution in [0.5, 0.6) is 0 Å². The fourth-order valence-electron chi connectivity index (χ4n) is 2.64. The Balaban J connectivity index is 1.89. The number of hydrogen-bond acceptors (Lipinski definition) is 3. The van der Waals surface area contributed by atoms with Gasteiger partial charge in [0, 0.05) is 6.54 Å². The van der Waals surface area contributed by atoms with Crippen LogP contribution in [-0.4, -0.2) is 22.4 Å². The molecule has 0 bridgehead atoms. The number of aromatic nitrogens is 2. The van der Waals surface area contributed by atoms with E-state index in [0.717, 1.165) is 19.0 Å². The van der Waals surface area contributed by atoms with Crippen LogP contribution < -0.4 is 10.9 Å². The number of rotatable bonds is 5. The third-order valence-electron chi connectivity index (χ3n) is 4.17. The molecule has 1 aliphatic carbocycles. The van der Waals surface area contributed by atoms with Gasteiger partial charge in [0.2, 0.25) is 0 Å². The molecular weight excluding hydrogens is 230 g/mol. The smallest absolute Gasteiger partial charge is 0.269 e. The van der Waals surface area contributed by atoms with Gasteiger partial charge in [-0.15, -0.1) is 0 Å². The number of H-pyrrole nitrogens is 1. The van der Waals surface area contributed by atoms with Gasteiger partial charge < -0.3 is 10.3 Å². The van der Waals surface area contributed by atoms with E-state index in [4.69, 9.17) is 0 Å². The van der Waals surface area contributed by atoms with Crippen LogP contribution in [0.4, 0.5) is 0 Å². The van der Waals surface area contributed by atoms with Gasteiger partial charge >= 0.3 is 0 Å². The number of hydrogen-bond donors (Lipinski definition) is 2. The predicted molar refractivity (Wildman–Crippen MR) is 68.3 cm³/mol. The van der Waals surface area contributed by atoms with E-state index in [9.17, 15) is 9.59 Å². The zero-order valence-corrected chi connectivity index (χ0v) is 10.8. The molecule has 0 spiro atoms. The van der Waals surface area contributed by atoms with E-state index < -0.39 is 0 Å². The summed E-state index contributed by atoms with van der Waals surface area (Å²) in [5.41, 5.74) is 0.294. The lowest BCUT2D eigenvalue weighted by Crippen LogP contribution is -2.29. The molecule has 0 radical (unpaired) electrons. The second-order valence-electron chi connectivity index (χ2n) is 4.99. The number of nitrogens with one attached hydrogen (secondary N) is 2. The Labute approximate surface area is 106 Å². The molecule has 5 nitrogen and oxygen atoms in total. The highest BCUT2D eigenvalue weighted by molar-refractivity contribution is 5.91. The van der Waals surface area contributed by atoms with Crippen molar-refractivity contribution in [2.75, 3.05) is 6.54 Å². The maximum atomic E-state index is 11.8. The Hall–Kier alpha value is -1.65. The number of carbonyl (C=O) groups is 1. The molecule has 1 saturated carbocycles. The Bertz CT molecular complexity index is 491. The molecule has 1 fully saturated rings. The molecule has 98 valence electrons. The molecule has 2 N–H and O–H groups in total. The monoisotopic (exact) mass is 249 g/mol. The Kier molecular flexibility index (Phi) is 3.50. The fourth-order valence-corrected chi connectivity index (χ4v) is 2.64. The molecule has 1 aliphatic rings. The second kappa shape index (κ2) is 4.92. The first-order chi connectivity index (χ1) is 8.61. The zero-order valence-electron chi connectivity index (χ0n) is 10.8. The van der Waals surface area contributed by atoms with Crippen molar-refractivity contribution in [2.45, 2.75) is 33.1 Å². The third-order valence-corrected chi connectivity index (χ3v) is 4.17. The van der Waals surface area contributed by atoms with Gasteiger partial charge in [0.25, 0.3) is 11.5 Å². The van der Waals surface area contributed by atoms with Crippen molar-refractivity contribution in [1.29, 1.82) is 0 Å². The van der Waals surface area contributed by atoms with Gasteiger partial charge in [-0.2, -0.15) is 0 Å². The molecule has 1 aromatic heterocycles. The Morgan fingerprint density at radius 2 is 2.22 bits per heavy atom. The normalized spacial score (nSPS) is 20.4. The quantitative estimate of drug-likeness (QED) is 0.826. The largest absolute Gasteiger partial charge is 0.350 e. The summed E-state index contributed by atoms with van der Waals surface area (Å²) >= 11 is 0. The van der Waals surface area contributed by atoms with E-state index in [1.165, 1.54) is 12.6 Å². The standard InChI is InChI=1S/C13H19N3O2/c1-3-13(4-2)5-9(13)6-15-12(18)10-7-14-8-11(17)16-10/h7-9H,3-6H2,1-2H3,(H,15,18)(H,16,17). The lowest BCUT2D eigenvalue weighted by atomic mass is 9.97. The fraction of sp³-hybridized carbons (Fsp3) is 0.615. The van der Waals surface area contributed by atoms with Crippen molar-refractivity contribution in [3.05, 3.63) is 28.4 Å². The average Bonchev–Trinajstić information content (AvgIpc) is 3.10. The molecule has 5 heteroatoms. The second-order valence-corrected chi connectivity index (χ2v) is 4.99. The number of carbonyl (C=O) groups excluding carboxylic acids is 1. The van der Waals surface area contributed by atoms with E-state index >= 15 is 0 Å². The minimum atomic E-state index is -0.356. The van der Waals surface area contributed by atoms with Crippen molar-refractivity contribution >= 4 is 5.91 Å². The molecule has 1 aromatic rings. The van der Waals surface area contributed by atoms with Crippen molar-refractivity contribution in [1.82, 2.24) is 15.3 Å². The first kappa shape index (κ1) is 12.8. The zero-order chi connectivity index (χ0) is 13.2. The van der Waals surface area contributed by atoms with Gasteiger partial charge in [-0.3, -0.25) is 14.6 Å². The van der Waals surface area contributed by atoms with Crippen LogP contribution in [0.1, 0.15) is 43.6 Å². The number of nitrogens with zero attached hydrogens (tertiary/aromatic N) is 1. The Morgan fingerprint density at radius 3 is 2.78 bits per heavy atom. The first-order valence-electron chi connectivity index (χ1n) is 6.44. The topological polar surface area (TPSA) is 74.8 Å². The summed E-state index contributed by atoms with van der Waals surface area (Å²) in [7, 11) is 0. The predicted octanol–water partition coefficient (Wildman–Crippen LogP) is 1.33. The summed E-state index contributed by atoms with van der Waals surface area (Å²) in [5, 5.41) is 2.86. The highest BCUT2D eigenvalue weighted by Crippen LogP contribution is 2.57. The van der Waals surface area contributed by atoms with Crippen molar-refractivity contribution in [2.24, 2.45) is 11.3 Å². The minimum absolute atomic E-state index is 0.224. The SMILES string of the molecule is CCC1(CC)CC1CNC(=O)c1cncc(=O)[nH]1. The molecule has 1 heterocycles. The molecule has 1 unspecified atom stereocenters. The minimum Gasteiger partial charge on any atom is -0.350 e. The van der Waals surface area contributed by atoms with Crippen LogP contribution in [0, 0.1) is 11.3 Å².